The number of hydrogen-bond donors (Lipinski definition) is 1. The Morgan fingerprint density at radius 3 is 2.50 bits per heavy atom. The number of carbonyl (C=O) groups is 1. The van der Waals surface area contributed by atoms with E-state index in [2.05, 4.69) is 9.80 Å². The van der Waals surface area contributed by atoms with Crippen LogP contribution in [-0.4, -0.2) is 36.9 Å². The zero-order valence-corrected chi connectivity index (χ0v) is 18.3. The lowest BCUT2D eigenvalue weighted by molar-refractivity contribution is 0.103. The van der Waals surface area contributed by atoms with Crippen LogP contribution in [-0.2, 0) is 6.54 Å². The highest BCUT2D eigenvalue weighted by molar-refractivity contribution is 7.16. The largest absolute Gasteiger partial charge is 0.390 e. The van der Waals surface area contributed by atoms with Gasteiger partial charge in [0.1, 0.15) is 5.82 Å². The number of piperazine rings is 1. The number of nitrogen functional groups attached to an aromatic ring is 1. The van der Waals surface area contributed by atoms with Crippen LogP contribution in [0, 0.1) is 12.7 Å². The highest BCUT2D eigenvalue weighted by Gasteiger charge is 2.25. The second-order valence-electron chi connectivity index (χ2n) is 7.46. The second kappa shape index (κ2) is 8.76. The number of hydrogen-bond acceptors (Lipinski definition) is 5. The summed E-state index contributed by atoms with van der Waals surface area (Å²) in [7, 11) is 0. The van der Waals surface area contributed by atoms with Gasteiger partial charge < -0.3 is 10.6 Å². The summed E-state index contributed by atoms with van der Waals surface area (Å²) in [5.41, 5.74) is 9.33. The molecule has 7 heteroatoms. The van der Waals surface area contributed by atoms with Crippen molar-refractivity contribution in [1.29, 1.82) is 0 Å². The molecule has 0 unspecified atom stereocenters. The highest BCUT2D eigenvalue weighted by atomic mass is 35.5. The molecule has 0 aliphatic carbocycles. The molecule has 0 amide bonds. The molecule has 3 aromatic rings. The molecule has 156 valence electrons. The molecule has 1 aliphatic heterocycles. The topological polar surface area (TPSA) is 49.6 Å². The maximum Gasteiger partial charge on any atom is 0.196 e. The molecule has 0 atom stereocenters. The number of thiophene rings is 1. The van der Waals surface area contributed by atoms with E-state index in [0.717, 1.165) is 42.3 Å². The first kappa shape index (κ1) is 20.8. The van der Waals surface area contributed by atoms with Crippen molar-refractivity contribution in [2.75, 3.05) is 36.8 Å². The lowest BCUT2D eigenvalue weighted by Crippen LogP contribution is -2.46. The first-order valence-electron chi connectivity index (χ1n) is 9.83. The molecule has 0 radical (unpaired) electrons. The quantitative estimate of drug-likeness (QED) is 0.565. The molecule has 2 N–H and O–H groups in total. The van der Waals surface area contributed by atoms with Gasteiger partial charge in [-0.15, -0.1) is 11.3 Å². The summed E-state index contributed by atoms with van der Waals surface area (Å²) in [6.07, 6.45) is 0. The van der Waals surface area contributed by atoms with Crippen LogP contribution in [0.1, 0.15) is 26.4 Å². The standard InChI is InChI=1S/C23H23ClFN3OS/c1-15-20(21(23(26)30-15)22(29)16-5-7-17(24)8-6-16)14-27-9-11-28(12-10-27)19-4-2-3-18(25)13-19/h2-8,13H,9-12,14,26H2,1H3. The molecule has 0 bridgehead atoms. The maximum atomic E-state index is 13.5. The zero-order valence-electron chi connectivity index (χ0n) is 16.7. The van der Waals surface area contributed by atoms with Gasteiger partial charge in [-0.2, -0.15) is 0 Å². The van der Waals surface area contributed by atoms with Crippen molar-refractivity contribution in [3.63, 3.8) is 0 Å². The number of nitrogens with zero attached hydrogens (tertiary/aromatic N) is 2. The lowest BCUT2D eigenvalue weighted by atomic mass is 9.99. The van der Waals surface area contributed by atoms with Crippen molar-refractivity contribution in [2.45, 2.75) is 13.5 Å². The third-order valence-electron chi connectivity index (χ3n) is 5.50. The molecule has 4 nitrogen and oxygen atoms in total. The fourth-order valence-electron chi connectivity index (χ4n) is 3.85. The minimum atomic E-state index is -0.218. The molecule has 2 heterocycles. The maximum absolute atomic E-state index is 13.5. The lowest BCUT2D eigenvalue weighted by Gasteiger charge is -2.36. The summed E-state index contributed by atoms with van der Waals surface area (Å²) >= 11 is 7.42. The number of nitrogens with two attached hydrogens (primary N) is 1. The van der Waals surface area contributed by atoms with Crippen molar-refractivity contribution in [3.8, 4) is 0 Å². The Morgan fingerprint density at radius 2 is 1.83 bits per heavy atom. The highest BCUT2D eigenvalue weighted by Crippen LogP contribution is 2.34. The average Bonchev–Trinajstić information content (AvgIpc) is 3.01. The molecule has 1 fully saturated rings. The molecule has 0 saturated carbocycles. The summed E-state index contributed by atoms with van der Waals surface area (Å²) in [6.45, 7) is 5.97. The van der Waals surface area contributed by atoms with Gasteiger partial charge in [0.05, 0.1) is 10.6 Å². The Kier molecular flexibility index (Phi) is 6.09. The summed E-state index contributed by atoms with van der Waals surface area (Å²) in [5, 5.41) is 1.15. The van der Waals surface area contributed by atoms with E-state index in [4.69, 9.17) is 17.3 Å². The number of rotatable bonds is 5. The Balaban J connectivity index is 1.49. The second-order valence-corrected chi connectivity index (χ2v) is 9.15. The summed E-state index contributed by atoms with van der Waals surface area (Å²) < 4.78 is 13.5. The predicted octanol–water partition coefficient (Wildman–Crippen LogP) is 4.98. The first-order chi connectivity index (χ1) is 14.4. The minimum Gasteiger partial charge on any atom is -0.390 e. The summed E-state index contributed by atoms with van der Waals surface area (Å²) in [5.74, 6) is -0.286. The van der Waals surface area contributed by atoms with E-state index in [-0.39, 0.29) is 11.6 Å². The Labute approximate surface area is 184 Å². The Morgan fingerprint density at radius 1 is 1.13 bits per heavy atom. The van der Waals surface area contributed by atoms with Gasteiger partial charge in [0.15, 0.2) is 5.78 Å². The van der Waals surface area contributed by atoms with Gasteiger partial charge in [-0.1, -0.05) is 17.7 Å². The van der Waals surface area contributed by atoms with Gasteiger partial charge in [-0.25, -0.2) is 4.39 Å². The molecular weight excluding hydrogens is 421 g/mol. The molecule has 1 aromatic heterocycles. The van der Waals surface area contributed by atoms with Crippen LogP contribution in [0.2, 0.25) is 5.02 Å². The Hall–Kier alpha value is -2.41. The minimum absolute atomic E-state index is 0.0677. The normalized spacial score (nSPS) is 14.8. The van der Waals surface area contributed by atoms with Crippen LogP contribution in [0.25, 0.3) is 0 Å². The van der Waals surface area contributed by atoms with E-state index in [0.29, 0.717) is 27.7 Å². The van der Waals surface area contributed by atoms with Crippen LogP contribution < -0.4 is 10.6 Å². The van der Waals surface area contributed by atoms with E-state index < -0.39 is 0 Å². The van der Waals surface area contributed by atoms with E-state index in [1.807, 2.05) is 13.0 Å². The Bertz CT molecular complexity index is 1060. The SMILES string of the molecule is Cc1sc(N)c(C(=O)c2ccc(Cl)cc2)c1CN1CCN(c2cccc(F)c2)CC1. The van der Waals surface area contributed by atoms with Gasteiger partial charge in [0, 0.05) is 53.9 Å². The molecule has 1 aliphatic rings. The van der Waals surface area contributed by atoms with E-state index in [1.165, 1.54) is 17.4 Å². The van der Waals surface area contributed by atoms with Crippen molar-refractivity contribution >= 4 is 39.4 Å². The molecule has 0 spiro atoms. The van der Waals surface area contributed by atoms with Crippen LogP contribution in [0.4, 0.5) is 15.1 Å². The smallest absolute Gasteiger partial charge is 0.196 e. The fourth-order valence-corrected chi connectivity index (χ4v) is 4.91. The third kappa shape index (κ3) is 4.36. The molecule has 2 aromatic carbocycles. The van der Waals surface area contributed by atoms with Gasteiger partial charge in [0.25, 0.3) is 0 Å². The predicted molar refractivity (Wildman–Crippen MR) is 122 cm³/mol. The van der Waals surface area contributed by atoms with Crippen molar-refractivity contribution in [3.05, 3.63) is 80.9 Å². The van der Waals surface area contributed by atoms with Gasteiger partial charge in [-0.05, 0) is 55.0 Å². The van der Waals surface area contributed by atoms with Crippen LogP contribution in [0.3, 0.4) is 0 Å². The molecule has 1 saturated heterocycles. The van der Waals surface area contributed by atoms with Gasteiger partial charge in [-0.3, -0.25) is 9.69 Å². The van der Waals surface area contributed by atoms with Crippen molar-refractivity contribution < 1.29 is 9.18 Å². The first-order valence-corrected chi connectivity index (χ1v) is 11.0. The fraction of sp³-hybridized carbons (Fsp3) is 0.261. The summed E-state index contributed by atoms with van der Waals surface area (Å²) in [4.78, 5) is 18.7. The van der Waals surface area contributed by atoms with Crippen LogP contribution in [0.15, 0.2) is 48.5 Å². The van der Waals surface area contributed by atoms with Crippen LogP contribution >= 0.6 is 22.9 Å². The zero-order chi connectivity index (χ0) is 21.3. The number of carbonyl (C=O) groups excluding carboxylic acids is 1. The monoisotopic (exact) mass is 443 g/mol. The van der Waals surface area contributed by atoms with E-state index in [1.54, 1.807) is 36.4 Å². The molecule has 30 heavy (non-hydrogen) atoms. The van der Waals surface area contributed by atoms with Crippen molar-refractivity contribution in [1.82, 2.24) is 4.90 Å². The number of halogens is 2. The van der Waals surface area contributed by atoms with Crippen LogP contribution in [0.5, 0.6) is 0 Å². The van der Waals surface area contributed by atoms with Gasteiger partial charge in [0.2, 0.25) is 0 Å². The van der Waals surface area contributed by atoms with E-state index >= 15 is 0 Å². The van der Waals surface area contributed by atoms with Crippen molar-refractivity contribution in [2.24, 2.45) is 0 Å². The van der Waals surface area contributed by atoms with E-state index in [9.17, 15) is 9.18 Å². The molecule has 4 rings (SSSR count). The average molecular weight is 444 g/mol. The summed E-state index contributed by atoms with van der Waals surface area (Å²) in [6, 6.07) is 13.6. The number of ketones is 1. The number of benzene rings is 2. The third-order valence-corrected chi connectivity index (χ3v) is 6.73. The van der Waals surface area contributed by atoms with Gasteiger partial charge >= 0.3 is 0 Å². The number of aryl methyl sites for hydroxylation is 1. The molecular formula is C23H23ClFN3OS. The number of anilines is 2.